The summed E-state index contributed by atoms with van der Waals surface area (Å²) in [4.78, 5) is 18.3. The van der Waals surface area contributed by atoms with Gasteiger partial charge in [-0.05, 0) is 37.3 Å². The highest BCUT2D eigenvalue weighted by Gasteiger charge is 2.22. The molecule has 5 aromatic rings. The van der Waals surface area contributed by atoms with Gasteiger partial charge in [-0.25, -0.2) is 9.97 Å². The molecule has 11 nitrogen and oxygen atoms in total. The van der Waals surface area contributed by atoms with Gasteiger partial charge in [0.05, 0.1) is 30.4 Å². The highest BCUT2D eigenvalue weighted by atomic mass is 16.5. The molecule has 4 aromatic heterocycles. The fraction of sp³-hybridized carbons (Fsp3) is 0.250. The fourth-order valence-corrected chi connectivity index (χ4v) is 4.28. The summed E-state index contributed by atoms with van der Waals surface area (Å²) in [5, 5.41) is 13.2. The zero-order chi connectivity index (χ0) is 23.8. The van der Waals surface area contributed by atoms with Crippen molar-refractivity contribution >= 4 is 17.4 Å². The maximum absolute atomic E-state index is 5.53. The van der Waals surface area contributed by atoms with Crippen molar-refractivity contribution < 1.29 is 9.15 Å². The maximum atomic E-state index is 5.53. The van der Waals surface area contributed by atoms with Crippen LogP contribution in [-0.4, -0.2) is 68.1 Å². The zero-order valence-corrected chi connectivity index (χ0v) is 19.4. The molecule has 0 N–H and O–H groups in total. The molecule has 0 spiro atoms. The Morgan fingerprint density at radius 1 is 0.914 bits per heavy atom. The van der Waals surface area contributed by atoms with Gasteiger partial charge in [0.1, 0.15) is 11.4 Å². The van der Waals surface area contributed by atoms with Crippen LogP contribution in [0.5, 0.6) is 5.75 Å². The van der Waals surface area contributed by atoms with Crippen LogP contribution in [0, 0.1) is 6.92 Å². The summed E-state index contributed by atoms with van der Waals surface area (Å²) < 4.78 is 12.6. The van der Waals surface area contributed by atoms with Crippen LogP contribution < -0.4 is 14.5 Å². The predicted octanol–water partition coefficient (Wildman–Crippen LogP) is 2.88. The van der Waals surface area contributed by atoms with Crippen LogP contribution in [0.4, 0.5) is 11.6 Å². The molecule has 0 bridgehead atoms. The summed E-state index contributed by atoms with van der Waals surface area (Å²) in [7, 11) is 1.70. The van der Waals surface area contributed by atoms with Gasteiger partial charge in [0, 0.05) is 32.4 Å². The SMILES string of the molecule is COc1ccccc1N1CCN(c2nccc(-c3nnc4nc(-c5ccco5)nn4c3C)n2)CC1. The van der Waals surface area contributed by atoms with Gasteiger partial charge in [0.25, 0.3) is 5.78 Å². The van der Waals surface area contributed by atoms with E-state index >= 15 is 0 Å². The number of rotatable bonds is 5. The molecule has 0 atom stereocenters. The lowest BCUT2D eigenvalue weighted by molar-refractivity contribution is 0.413. The normalized spacial score (nSPS) is 14.0. The van der Waals surface area contributed by atoms with Gasteiger partial charge < -0.3 is 19.0 Å². The first-order valence-electron chi connectivity index (χ1n) is 11.3. The minimum Gasteiger partial charge on any atom is -0.495 e. The van der Waals surface area contributed by atoms with E-state index in [4.69, 9.17) is 14.1 Å². The Morgan fingerprint density at radius 3 is 2.54 bits per heavy atom. The molecule has 1 saturated heterocycles. The third-order valence-corrected chi connectivity index (χ3v) is 6.11. The molecule has 1 aromatic carbocycles. The number of fused-ring (bicyclic) bond motifs is 1. The number of furan rings is 1. The van der Waals surface area contributed by atoms with E-state index in [1.807, 2.05) is 37.3 Å². The van der Waals surface area contributed by atoms with Crippen molar-refractivity contribution in [2.45, 2.75) is 6.92 Å². The van der Waals surface area contributed by atoms with E-state index in [9.17, 15) is 0 Å². The monoisotopic (exact) mass is 469 g/mol. The van der Waals surface area contributed by atoms with E-state index in [2.05, 4.69) is 41.1 Å². The molecule has 11 heteroatoms. The van der Waals surface area contributed by atoms with Gasteiger partial charge in [0.15, 0.2) is 5.76 Å². The van der Waals surface area contributed by atoms with Crippen molar-refractivity contribution in [2.24, 2.45) is 0 Å². The predicted molar refractivity (Wildman–Crippen MR) is 129 cm³/mol. The van der Waals surface area contributed by atoms with E-state index in [1.54, 1.807) is 30.2 Å². The molecular formula is C24H23N9O2. The van der Waals surface area contributed by atoms with Crippen LogP contribution in [0.3, 0.4) is 0 Å². The Hall–Kier alpha value is -4.54. The van der Waals surface area contributed by atoms with Gasteiger partial charge in [-0.1, -0.05) is 12.1 Å². The fourth-order valence-electron chi connectivity index (χ4n) is 4.28. The summed E-state index contributed by atoms with van der Waals surface area (Å²) in [6.45, 7) is 5.19. The van der Waals surface area contributed by atoms with Gasteiger partial charge >= 0.3 is 0 Å². The van der Waals surface area contributed by atoms with Crippen LogP contribution in [-0.2, 0) is 0 Å². The van der Waals surface area contributed by atoms with Gasteiger partial charge in [-0.2, -0.15) is 9.50 Å². The van der Waals surface area contributed by atoms with Gasteiger partial charge in [-0.15, -0.1) is 15.3 Å². The first-order valence-corrected chi connectivity index (χ1v) is 11.3. The Kier molecular flexibility index (Phi) is 5.21. The smallest absolute Gasteiger partial charge is 0.272 e. The molecule has 0 amide bonds. The summed E-state index contributed by atoms with van der Waals surface area (Å²) >= 11 is 0. The van der Waals surface area contributed by atoms with E-state index in [0.29, 0.717) is 34.7 Å². The second-order valence-corrected chi connectivity index (χ2v) is 8.15. The molecule has 35 heavy (non-hydrogen) atoms. The number of hydrogen-bond donors (Lipinski definition) is 0. The second kappa shape index (κ2) is 8.67. The third kappa shape index (κ3) is 3.80. The number of ether oxygens (including phenoxy) is 1. The Labute approximate surface area is 201 Å². The number of anilines is 2. The third-order valence-electron chi connectivity index (χ3n) is 6.11. The van der Waals surface area contributed by atoms with Gasteiger partial charge in [-0.3, -0.25) is 0 Å². The van der Waals surface area contributed by atoms with Gasteiger partial charge in [0.2, 0.25) is 11.8 Å². The van der Waals surface area contributed by atoms with E-state index in [1.165, 1.54) is 0 Å². The van der Waals surface area contributed by atoms with E-state index < -0.39 is 0 Å². The van der Waals surface area contributed by atoms with Crippen LogP contribution >= 0.6 is 0 Å². The second-order valence-electron chi connectivity index (χ2n) is 8.15. The number of hydrogen-bond acceptors (Lipinski definition) is 10. The highest BCUT2D eigenvalue weighted by Crippen LogP contribution is 2.29. The Balaban J connectivity index is 1.25. The van der Waals surface area contributed by atoms with Crippen molar-refractivity contribution in [2.75, 3.05) is 43.1 Å². The largest absolute Gasteiger partial charge is 0.495 e. The molecule has 1 aliphatic heterocycles. The minimum atomic E-state index is 0.402. The quantitative estimate of drug-likeness (QED) is 0.381. The molecule has 0 radical (unpaired) electrons. The highest BCUT2D eigenvalue weighted by molar-refractivity contribution is 5.61. The number of aromatic nitrogens is 7. The molecule has 0 aliphatic carbocycles. The lowest BCUT2D eigenvalue weighted by Crippen LogP contribution is -2.47. The van der Waals surface area contributed by atoms with Crippen molar-refractivity contribution in [3.63, 3.8) is 0 Å². The van der Waals surface area contributed by atoms with Crippen molar-refractivity contribution in [3.8, 4) is 28.7 Å². The van der Waals surface area contributed by atoms with Crippen molar-refractivity contribution in [1.29, 1.82) is 0 Å². The molecule has 1 fully saturated rings. The molecule has 1 aliphatic rings. The van der Waals surface area contributed by atoms with Crippen molar-refractivity contribution in [3.05, 3.63) is 60.6 Å². The summed E-state index contributed by atoms with van der Waals surface area (Å²) in [5.41, 5.74) is 3.20. The first kappa shape index (κ1) is 21.0. The maximum Gasteiger partial charge on any atom is 0.272 e. The first-order chi connectivity index (χ1) is 17.2. The molecule has 5 heterocycles. The van der Waals surface area contributed by atoms with Crippen LogP contribution in [0.25, 0.3) is 28.8 Å². The van der Waals surface area contributed by atoms with Crippen LogP contribution in [0.2, 0.25) is 0 Å². The van der Waals surface area contributed by atoms with E-state index in [0.717, 1.165) is 43.3 Å². The van der Waals surface area contributed by atoms with E-state index in [-0.39, 0.29) is 0 Å². The number of aryl methyl sites for hydroxylation is 1. The summed E-state index contributed by atoms with van der Waals surface area (Å²) in [6, 6.07) is 13.5. The standard InChI is InChI=1S/C24H23N9O2/c1-16-21(28-29-24-27-22(30-33(16)24)20-8-5-15-35-20)17-9-10-25-23(26-17)32-13-11-31(12-14-32)18-6-3-4-7-19(18)34-2/h3-10,15H,11-14H2,1-2H3. The lowest BCUT2D eigenvalue weighted by atomic mass is 10.2. The average Bonchev–Trinajstić information content (AvgIpc) is 3.60. The topological polar surface area (TPSA) is 111 Å². The number of piperazine rings is 1. The lowest BCUT2D eigenvalue weighted by Gasteiger charge is -2.36. The van der Waals surface area contributed by atoms with Crippen molar-refractivity contribution in [1.82, 2.24) is 34.8 Å². The average molecular weight is 470 g/mol. The number of para-hydroxylation sites is 2. The summed E-state index contributed by atoms with van der Waals surface area (Å²) in [5.74, 6) is 2.98. The molecule has 6 rings (SSSR count). The molecule has 0 unspecified atom stereocenters. The Morgan fingerprint density at radius 2 is 1.74 bits per heavy atom. The molecule has 0 saturated carbocycles. The number of methoxy groups -OCH3 is 1. The molecular weight excluding hydrogens is 446 g/mol. The minimum absolute atomic E-state index is 0.402. The number of benzene rings is 1. The van der Waals surface area contributed by atoms with Crippen LogP contribution in [0.1, 0.15) is 5.69 Å². The summed E-state index contributed by atoms with van der Waals surface area (Å²) in [6.07, 6.45) is 3.34. The Bertz CT molecular complexity index is 1470. The zero-order valence-electron chi connectivity index (χ0n) is 19.4. The van der Waals surface area contributed by atoms with Crippen LogP contribution in [0.15, 0.2) is 59.3 Å². The number of nitrogens with zero attached hydrogens (tertiary/aromatic N) is 9. The molecule has 176 valence electrons.